The molecule has 0 bridgehead atoms. The summed E-state index contributed by atoms with van der Waals surface area (Å²) in [6.45, 7) is 3.83. The van der Waals surface area contributed by atoms with E-state index in [0.29, 0.717) is 11.3 Å². The molecule has 0 fully saturated rings. The fourth-order valence-corrected chi connectivity index (χ4v) is 2.74. The highest BCUT2D eigenvalue weighted by molar-refractivity contribution is 7.80. The van der Waals surface area contributed by atoms with Crippen LogP contribution in [0.2, 0.25) is 0 Å². The van der Waals surface area contributed by atoms with E-state index in [9.17, 15) is 10.2 Å². The second-order valence-electron chi connectivity index (χ2n) is 6.16. The summed E-state index contributed by atoms with van der Waals surface area (Å²) in [4.78, 5) is 2.14. The molecule has 0 saturated heterocycles. The monoisotopic (exact) mass is 373 g/mol. The molecule has 0 spiro atoms. The predicted octanol–water partition coefficient (Wildman–Crippen LogP) is 3.97. The maximum absolute atomic E-state index is 10.3. The average Bonchev–Trinajstić information content (AvgIpc) is 2.56. The van der Waals surface area contributed by atoms with Crippen molar-refractivity contribution in [2.45, 2.75) is 24.7 Å². The molecule has 0 saturated carbocycles. The fourth-order valence-electron chi connectivity index (χ4n) is 2.59. The number of nitrogens with zero attached hydrogens (tertiary/aromatic N) is 1. The quantitative estimate of drug-likeness (QED) is 0.311. The van der Waals surface area contributed by atoms with E-state index in [1.165, 1.54) is 18.1 Å². The number of thiol groups is 1. The van der Waals surface area contributed by atoms with Gasteiger partial charge in [-0.2, -0.15) is 0 Å². The van der Waals surface area contributed by atoms with Crippen LogP contribution in [-0.2, 0) is 4.74 Å². The molecule has 2 rings (SSSR count). The van der Waals surface area contributed by atoms with E-state index in [-0.39, 0.29) is 41.3 Å². The third-order valence-corrected chi connectivity index (χ3v) is 4.20. The minimum Gasteiger partial charge on any atom is -0.508 e. The summed E-state index contributed by atoms with van der Waals surface area (Å²) in [6.07, 6.45) is 0. The van der Waals surface area contributed by atoms with Gasteiger partial charge >= 0.3 is 0 Å². The Morgan fingerprint density at radius 1 is 1.12 bits per heavy atom. The number of phenols is 2. The maximum Gasteiger partial charge on any atom is 0.142 e. The minimum absolute atomic E-state index is 0.000883. The first kappa shape index (κ1) is 19.8. The lowest BCUT2D eigenvalue weighted by molar-refractivity contribution is 0.244. The fraction of sp³-hybridized carbons (Fsp3) is 0.263. The second-order valence-corrected chi connectivity index (χ2v) is 6.68. The zero-order chi connectivity index (χ0) is 19.4. The van der Waals surface area contributed by atoms with Crippen LogP contribution in [0.15, 0.2) is 41.3 Å². The molecule has 0 amide bonds. The number of rotatable bonds is 5. The van der Waals surface area contributed by atoms with Crippen molar-refractivity contribution in [2.75, 3.05) is 18.6 Å². The van der Waals surface area contributed by atoms with Crippen LogP contribution in [0.1, 0.15) is 30.9 Å². The molecule has 4 N–H and O–H groups in total. The molecule has 0 aliphatic rings. The summed E-state index contributed by atoms with van der Waals surface area (Å²) >= 11 is 4.26. The largest absolute Gasteiger partial charge is 0.508 e. The van der Waals surface area contributed by atoms with Crippen LogP contribution in [-0.4, -0.2) is 35.6 Å². The molecule has 2 aromatic carbocycles. The van der Waals surface area contributed by atoms with E-state index in [2.05, 4.69) is 12.6 Å². The molecule has 0 radical (unpaired) electrons. The Labute approximate surface area is 158 Å². The van der Waals surface area contributed by atoms with Crippen molar-refractivity contribution in [3.05, 3.63) is 47.5 Å². The molecule has 0 aliphatic heterocycles. The molecular formula is C19H23N3O3S. The number of aromatic hydroxyl groups is 2. The summed E-state index contributed by atoms with van der Waals surface area (Å²) in [5.41, 5.74) is 1.42. The summed E-state index contributed by atoms with van der Waals surface area (Å²) in [6, 6.07) is 9.81. The molecule has 0 aliphatic carbocycles. The van der Waals surface area contributed by atoms with Gasteiger partial charge in [-0.05, 0) is 41.8 Å². The molecule has 6 nitrogen and oxygen atoms in total. The van der Waals surface area contributed by atoms with Gasteiger partial charge in [0.2, 0.25) is 0 Å². The number of methoxy groups -OCH3 is 1. The summed E-state index contributed by atoms with van der Waals surface area (Å²) in [7, 11) is 1.47. The number of benzene rings is 2. The molecule has 0 heterocycles. The van der Waals surface area contributed by atoms with E-state index in [1.54, 1.807) is 30.3 Å². The molecule has 0 aromatic heterocycles. The maximum atomic E-state index is 10.3. The van der Waals surface area contributed by atoms with Gasteiger partial charge in [0.1, 0.15) is 29.8 Å². The lowest BCUT2D eigenvalue weighted by atomic mass is 9.98. The number of amidine groups is 2. The molecule has 0 unspecified atom stereocenters. The Morgan fingerprint density at radius 2 is 1.73 bits per heavy atom. The minimum atomic E-state index is -0.224. The third-order valence-electron chi connectivity index (χ3n) is 3.90. The Bertz CT molecular complexity index is 820. The van der Waals surface area contributed by atoms with Gasteiger partial charge in [0.25, 0.3) is 0 Å². The van der Waals surface area contributed by atoms with Crippen molar-refractivity contribution in [1.82, 2.24) is 0 Å². The van der Waals surface area contributed by atoms with Crippen LogP contribution in [0, 0.1) is 10.8 Å². The number of nitrogens with one attached hydrogen (secondary N) is 2. The average molecular weight is 373 g/mol. The lowest BCUT2D eigenvalue weighted by Crippen LogP contribution is -2.39. The third kappa shape index (κ3) is 4.17. The first-order valence-electron chi connectivity index (χ1n) is 8.06. The topological polar surface area (TPSA) is 101 Å². The number of hydrogen-bond acceptors (Lipinski definition) is 6. The highest BCUT2D eigenvalue weighted by Gasteiger charge is 2.23. The summed E-state index contributed by atoms with van der Waals surface area (Å²) in [5, 5.41) is 37.2. The van der Waals surface area contributed by atoms with Gasteiger partial charge < -0.3 is 14.9 Å². The molecule has 2 aromatic rings. The summed E-state index contributed by atoms with van der Waals surface area (Å²) in [5.74, 6) is -0.274. The number of phenolic OH excluding ortho intramolecular Hbond substituents is 2. The molecule has 0 atom stereocenters. The normalized spacial score (nSPS) is 10.8. The Morgan fingerprint density at radius 3 is 2.27 bits per heavy atom. The van der Waals surface area contributed by atoms with Gasteiger partial charge in [0.15, 0.2) is 0 Å². The molecular weight excluding hydrogens is 350 g/mol. The first-order valence-corrected chi connectivity index (χ1v) is 8.51. The van der Waals surface area contributed by atoms with Crippen LogP contribution in [0.25, 0.3) is 0 Å². The van der Waals surface area contributed by atoms with E-state index >= 15 is 0 Å². The number of hydrogen-bond donors (Lipinski definition) is 5. The second kappa shape index (κ2) is 8.25. The highest BCUT2D eigenvalue weighted by Crippen LogP contribution is 2.33. The van der Waals surface area contributed by atoms with E-state index in [0.717, 1.165) is 4.90 Å². The van der Waals surface area contributed by atoms with Crippen LogP contribution in [0.4, 0.5) is 5.69 Å². The van der Waals surface area contributed by atoms with Crippen molar-refractivity contribution in [3.63, 3.8) is 0 Å². The molecule has 7 heteroatoms. The zero-order valence-electron chi connectivity index (χ0n) is 14.9. The van der Waals surface area contributed by atoms with Gasteiger partial charge in [-0.15, -0.1) is 12.6 Å². The van der Waals surface area contributed by atoms with E-state index in [4.69, 9.17) is 15.6 Å². The van der Waals surface area contributed by atoms with Crippen LogP contribution in [0.5, 0.6) is 11.5 Å². The van der Waals surface area contributed by atoms with Gasteiger partial charge in [-0.3, -0.25) is 15.7 Å². The van der Waals surface area contributed by atoms with Crippen molar-refractivity contribution >= 4 is 30.0 Å². The Balaban J connectivity index is 2.55. The summed E-state index contributed by atoms with van der Waals surface area (Å²) < 4.78 is 5.05. The van der Waals surface area contributed by atoms with Gasteiger partial charge in [-0.1, -0.05) is 13.8 Å². The molecule has 26 heavy (non-hydrogen) atoms. The predicted molar refractivity (Wildman–Crippen MR) is 106 cm³/mol. The SMILES string of the molecule is COCC(=N)N(C(=N)c1cc(C(C)C)c(O)cc1O)c1ccc(S)cc1. The van der Waals surface area contributed by atoms with Crippen LogP contribution < -0.4 is 4.90 Å². The zero-order valence-corrected chi connectivity index (χ0v) is 15.8. The van der Waals surface area contributed by atoms with Crippen molar-refractivity contribution in [1.29, 1.82) is 10.8 Å². The first-order chi connectivity index (χ1) is 12.3. The molecule has 138 valence electrons. The lowest BCUT2D eigenvalue weighted by Gasteiger charge is -2.26. The van der Waals surface area contributed by atoms with Gasteiger partial charge in [0, 0.05) is 23.8 Å². The Kier molecular flexibility index (Phi) is 6.28. The number of anilines is 1. The van der Waals surface area contributed by atoms with Crippen LogP contribution in [0.3, 0.4) is 0 Å². The van der Waals surface area contributed by atoms with Crippen LogP contribution >= 0.6 is 12.6 Å². The van der Waals surface area contributed by atoms with Crippen molar-refractivity contribution in [2.24, 2.45) is 0 Å². The van der Waals surface area contributed by atoms with Gasteiger partial charge in [0.05, 0.1) is 5.56 Å². The van der Waals surface area contributed by atoms with E-state index in [1.807, 2.05) is 13.8 Å². The number of ether oxygens (including phenoxy) is 1. The van der Waals surface area contributed by atoms with Crippen molar-refractivity contribution in [3.8, 4) is 11.5 Å². The standard InChI is InChI=1S/C19H23N3O3S/c1-11(2)14-8-15(17(24)9-16(14)23)19(21)22(18(20)10-25-3)12-4-6-13(26)7-5-12/h4-9,11,20-21,23-24,26H,10H2,1-3H3. The van der Waals surface area contributed by atoms with E-state index < -0.39 is 0 Å². The van der Waals surface area contributed by atoms with Crippen molar-refractivity contribution < 1.29 is 14.9 Å². The smallest absolute Gasteiger partial charge is 0.142 e. The Hall–Kier alpha value is -2.51. The highest BCUT2D eigenvalue weighted by atomic mass is 32.1. The van der Waals surface area contributed by atoms with Gasteiger partial charge in [-0.25, -0.2) is 0 Å².